The Bertz CT molecular complexity index is 471. The van der Waals surface area contributed by atoms with Crippen LogP contribution in [0.1, 0.15) is 58.8 Å². The Morgan fingerprint density at radius 1 is 1.20 bits per heavy atom. The molecule has 0 aromatic carbocycles. The van der Waals surface area contributed by atoms with Gasteiger partial charge < -0.3 is 10.4 Å². The predicted octanol–water partition coefficient (Wildman–Crippen LogP) is 3.70. The van der Waals surface area contributed by atoms with Crippen molar-refractivity contribution in [3.05, 3.63) is 16.5 Å². The summed E-state index contributed by atoms with van der Waals surface area (Å²) in [5.41, 5.74) is 0.483. The lowest BCUT2D eigenvalue weighted by molar-refractivity contribution is 0.251. The van der Waals surface area contributed by atoms with Crippen molar-refractivity contribution < 1.29 is 5.11 Å². The second-order valence-electron chi connectivity index (χ2n) is 6.57. The zero-order chi connectivity index (χ0) is 15.6. The molecule has 1 aromatic rings. The van der Waals surface area contributed by atoms with Crippen LogP contribution < -0.4 is 5.32 Å². The van der Waals surface area contributed by atoms with Crippen molar-refractivity contribution in [2.75, 3.05) is 11.9 Å². The number of nitrogens with zero attached hydrogens (tertiary/aromatic N) is 2. The Balaban J connectivity index is 3.20. The second-order valence-corrected chi connectivity index (χ2v) is 6.93. The van der Waals surface area contributed by atoms with Gasteiger partial charge in [0.1, 0.15) is 16.8 Å². The van der Waals surface area contributed by atoms with Crippen LogP contribution in [0.15, 0.2) is 0 Å². The molecule has 1 atom stereocenters. The molecule has 0 bridgehead atoms. The Morgan fingerprint density at radius 2 is 1.80 bits per heavy atom. The maximum Gasteiger partial charge on any atom is 0.137 e. The van der Waals surface area contributed by atoms with E-state index in [4.69, 9.17) is 11.6 Å². The summed E-state index contributed by atoms with van der Waals surface area (Å²) in [6.45, 7) is 12.4. The van der Waals surface area contributed by atoms with Gasteiger partial charge in [-0.15, -0.1) is 0 Å². The molecular formula is C15H26ClN3O. The van der Waals surface area contributed by atoms with Gasteiger partial charge in [0.2, 0.25) is 0 Å². The van der Waals surface area contributed by atoms with E-state index in [2.05, 4.69) is 49.9 Å². The summed E-state index contributed by atoms with van der Waals surface area (Å²) in [4.78, 5) is 9.00. The van der Waals surface area contributed by atoms with Crippen molar-refractivity contribution in [2.45, 2.75) is 65.3 Å². The molecule has 0 aliphatic heterocycles. The highest BCUT2D eigenvalue weighted by Gasteiger charge is 2.25. The van der Waals surface area contributed by atoms with E-state index in [1.54, 1.807) is 0 Å². The maximum atomic E-state index is 9.22. The van der Waals surface area contributed by atoms with Gasteiger partial charge in [0, 0.05) is 23.1 Å². The average Bonchev–Trinajstić information content (AvgIpc) is 2.33. The van der Waals surface area contributed by atoms with Crippen molar-refractivity contribution >= 4 is 17.4 Å². The fraction of sp³-hybridized carbons (Fsp3) is 0.733. The monoisotopic (exact) mass is 299 g/mol. The van der Waals surface area contributed by atoms with E-state index < -0.39 is 0 Å². The van der Waals surface area contributed by atoms with Gasteiger partial charge in [-0.2, -0.15) is 0 Å². The van der Waals surface area contributed by atoms with Crippen LogP contribution in [0.4, 0.5) is 5.82 Å². The molecule has 1 aromatic heterocycles. The number of aliphatic hydroxyl groups excluding tert-OH is 1. The van der Waals surface area contributed by atoms with Crippen LogP contribution in [0.25, 0.3) is 0 Å². The number of aliphatic hydroxyl groups is 1. The molecule has 0 aliphatic rings. The molecule has 1 rings (SSSR count). The van der Waals surface area contributed by atoms with Crippen LogP contribution in [0, 0.1) is 6.92 Å². The van der Waals surface area contributed by atoms with E-state index in [1.165, 1.54) is 0 Å². The minimum atomic E-state index is -0.202. The number of anilines is 1. The first kappa shape index (κ1) is 17.2. The maximum absolute atomic E-state index is 9.22. The Kier molecular flexibility index (Phi) is 5.39. The van der Waals surface area contributed by atoms with Gasteiger partial charge >= 0.3 is 0 Å². The fourth-order valence-electron chi connectivity index (χ4n) is 1.81. The van der Waals surface area contributed by atoms with Crippen molar-refractivity contribution in [3.63, 3.8) is 0 Å². The van der Waals surface area contributed by atoms with Crippen LogP contribution >= 0.6 is 11.6 Å². The molecule has 20 heavy (non-hydrogen) atoms. The zero-order valence-electron chi connectivity index (χ0n) is 13.3. The summed E-state index contributed by atoms with van der Waals surface area (Å²) in [6, 6.07) is 0. The molecule has 5 heteroatoms. The molecular weight excluding hydrogens is 274 g/mol. The van der Waals surface area contributed by atoms with E-state index >= 15 is 0 Å². The Morgan fingerprint density at radius 3 is 2.25 bits per heavy atom. The Labute approximate surface area is 127 Å². The molecule has 0 aliphatic carbocycles. The number of nitrogens with one attached hydrogen (secondary N) is 1. The number of aromatic nitrogens is 2. The number of halogens is 1. The normalized spacial score (nSPS) is 15.0. The third-order valence-electron chi connectivity index (χ3n) is 3.62. The zero-order valence-corrected chi connectivity index (χ0v) is 14.1. The summed E-state index contributed by atoms with van der Waals surface area (Å²) in [5.74, 6) is 1.48. The number of hydrogen-bond acceptors (Lipinski definition) is 4. The van der Waals surface area contributed by atoms with Gasteiger partial charge in [0.05, 0.1) is 0 Å². The highest BCUT2D eigenvalue weighted by atomic mass is 35.5. The van der Waals surface area contributed by atoms with Gasteiger partial charge in [-0.3, -0.25) is 0 Å². The van der Waals surface area contributed by atoms with Gasteiger partial charge in [0.25, 0.3) is 0 Å². The molecule has 1 unspecified atom stereocenters. The molecule has 0 spiro atoms. The highest BCUT2D eigenvalue weighted by molar-refractivity contribution is 6.30. The minimum absolute atomic E-state index is 0.140. The quantitative estimate of drug-likeness (QED) is 0.814. The molecule has 2 N–H and O–H groups in total. The SMILES string of the molecule is CCC(C)(CCO)Nc1nc(C(C)(C)C)nc(Cl)c1C. The van der Waals surface area contributed by atoms with Crippen molar-refractivity contribution in [2.24, 2.45) is 0 Å². The molecule has 0 fully saturated rings. The molecule has 0 saturated heterocycles. The van der Waals surface area contributed by atoms with Crippen molar-refractivity contribution in [1.82, 2.24) is 9.97 Å². The summed E-state index contributed by atoms with van der Waals surface area (Å²) < 4.78 is 0. The lowest BCUT2D eigenvalue weighted by Gasteiger charge is -2.31. The highest BCUT2D eigenvalue weighted by Crippen LogP contribution is 2.29. The minimum Gasteiger partial charge on any atom is -0.396 e. The fourth-order valence-corrected chi connectivity index (χ4v) is 1.98. The van der Waals surface area contributed by atoms with Crippen LogP contribution in [-0.4, -0.2) is 27.2 Å². The summed E-state index contributed by atoms with van der Waals surface area (Å²) in [6.07, 6.45) is 1.55. The second kappa shape index (κ2) is 6.27. The summed E-state index contributed by atoms with van der Waals surface area (Å²) >= 11 is 6.23. The third kappa shape index (κ3) is 4.06. The lowest BCUT2D eigenvalue weighted by atomic mass is 9.94. The van der Waals surface area contributed by atoms with Gasteiger partial charge in [0.15, 0.2) is 0 Å². The molecule has 0 saturated carbocycles. The average molecular weight is 300 g/mol. The first-order chi connectivity index (χ1) is 9.13. The van der Waals surface area contributed by atoms with Crippen molar-refractivity contribution in [3.8, 4) is 0 Å². The standard InChI is InChI=1S/C15H26ClN3O/c1-7-15(6,8-9-20)19-12-10(2)11(16)17-13(18-12)14(3,4)5/h20H,7-9H2,1-6H3,(H,17,18,19). The van der Waals surface area contributed by atoms with Crippen LogP contribution in [-0.2, 0) is 5.41 Å². The van der Waals surface area contributed by atoms with Gasteiger partial charge in [-0.05, 0) is 26.7 Å². The van der Waals surface area contributed by atoms with E-state index in [9.17, 15) is 5.11 Å². The topological polar surface area (TPSA) is 58.0 Å². The van der Waals surface area contributed by atoms with Gasteiger partial charge in [-0.1, -0.05) is 39.3 Å². The molecule has 4 nitrogen and oxygen atoms in total. The van der Waals surface area contributed by atoms with Gasteiger partial charge in [-0.25, -0.2) is 9.97 Å². The first-order valence-corrected chi connectivity index (χ1v) is 7.44. The third-order valence-corrected chi connectivity index (χ3v) is 3.99. The molecule has 0 amide bonds. The lowest BCUT2D eigenvalue weighted by Crippen LogP contribution is -2.36. The van der Waals surface area contributed by atoms with Crippen LogP contribution in [0.2, 0.25) is 5.15 Å². The summed E-state index contributed by atoms with van der Waals surface area (Å²) in [7, 11) is 0. The van der Waals surface area contributed by atoms with E-state index in [0.717, 1.165) is 23.6 Å². The van der Waals surface area contributed by atoms with E-state index in [1.807, 2.05) is 6.92 Å². The number of rotatable bonds is 5. The predicted molar refractivity (Wildman–Crippen MR) is 84.5 cm³/mol. The molecule has 1 heterocycles. The molecule has 114 valence electrons. The first-order valence-electron chi connectivity index (χ1n) is 7.06. The number of hydrogen-bond donors (Lipinski definition) is 2. The van der Waals surface area contributed by atoms with Crippen LogP contribution in [0.3, 0.4) is 0 Å². The smallest absolute Gasteiger partial charge is 0.137 e. The molecule has 0 radical (unpaired) electrons. The largest absolute Gasteiger partial charge is 0.396 e. The Hall–Kier alpha value is -0.870. The summed E-state index contributed by atoms with van der Waals surface area (Å²) in [5, 5.41) is 13.1. The van der Waals surface area contributed by atoms with E-state index in [-0.39, 0.29) is 17.6 Å². The van der Waals surface area contributed by atoms with E-state index in [0.29, 0.717) is 11.6 Å². The van der Waals surface area contributed by atoms with Crippen LogP contribution in [0.5, 0.6) is 0 Å². The van der Waals surface area contributed by atoms with Crippen molar-refractivity contribution in [1.29, 1.82) is 0 Å².